The Morgan fingerprint density at radius 1 is 1.53 bits per heavy atom. The van der Waals surface area contributed by atoms with Crippen molar-refractivity contribution < 1.29 is 14.8 Å². The molecule has 0 aromatic rings. The van der Waals surface area contributed by atoms with Gasteiger partial charge in [-0.25, -0.2) is 0 Å². The van der Waals surface area contributed by atoms with Crippen LogP contribution >= 0.6 is 0 Å². The third-order valence-electron chi connectivity index (χ3n) is 3.54. The molecule has 0 atom stereocenters. The van der Waals surface area contributed by atoms with Gasteiger partial charge in [-0.05, 0) is 12.8 Å². The zero-order valence-corrected chi connectivity index (χ0v) is 9.48. The lowest BCUT2D eigenvalue weighted by atomic mass is 9.66. The number of nitrogens with zero attached hydrogens (tertiary/aromatic N) is 2. The first kappa shape index (κ1) is 11.7. The Bertz CT molecular complexity index is 376. The average Bonchev–Trinajstić information content (AvgIpc) is 2.27. The summed E-state index contributed by atoms with van der Waals surface area (Å²) >= 11 is 0. The molecule has 7 nitrogen and oxygen atoms in total. The van der Waals surface area contributed by atoms with Crippen molar-refractivity contribution in [1.82, 2.24) is 10.2 Å². The molecule has 1 heterocycles. The van der Waals surface area contributed by atoms with Gasteiger partial charge in [0.05, 0.1) is 6.54 Å². The number of nitrogens with one attached hydrogen (secondary N) is 1. The van der Waals surface area contributed by atoms with E-state index in [1.165, 1.54) is 4.90 Å². The number of hydrogen-bond donors (Lipinski definition) is 3. The molecule has 1 aliphatic carbocycles. The molecular weight excluding hydrogens is 224 g/mol. The second-order valence-corrected chi connectivity index (χ2v) is 4.50. The minimum atomic E-state index is -0.883. The van der Waals surface area contributed by atoms with Crippen molar-refractivity contribution in [2.24, 2.45) is 16.3 Å². The largest absolute Gasteiger partial charge is 0.409 e. The van der Waals surface area contributed by atoms with E-state index in [9.17, 15) is 9.59 Å². The molecule has 2 rings (SSSR count). The number of carbonyl (C=O) groups excluding carboxylic acids is 2. The molecule has 2 amide bonds. The molecule has 0 bridgehead atoms. The van der Waals surface area contributed by atoms with E-state index in [4.69, 9.17) is 10.9 Å². The lowest BCUT2D eigenvalue weighted by molar-refractivity contribution is -0.146. The van der Waals surface area contributed by atoms with Crippen molar-refractivity contribution >= 4 is 17.6 Å². The zero-order valence-electron chi connectivity index (χ0n) is 9.48. The number of amides is 2. The normalized spacial score (nSPS) is 23.9. The van der Waals surface area contributed by atoms with Gasteiger partial charge in [0.1, 0.15) is 5.41 Å². The third-order valence-corrected chi connectivity index (χ3v) is 3.54. The van der Waals surface area contributed by atoms with Gasteiger partial charge in [0.15, 0.2) is 5.84 Å². The fourth-order valence-corrected chi connectivity index (χ4v) is 2.32. The van der Waals surface area contributed by atoms with Gasteiger partial charge >= 0.3 is 0 Å². The molecule has 1 aliphatic heterocycles. The van der Waals surface area contributed by atoms with E-state index in [0.29, 0.717) is 25.9 Å². The van der Waals surface area contributed by atoms with Gasteiger partial charge in [-0.2, -0.15) is 0 Å². The summed E-state index contributed by atoms with van der Waals surface area (Å²) in [6, 6.07) is 0. The van der Waals surface area contributed by atoms with Crippen molar-refractivity contribution in [2.45, 2.75) is 19.3 Å². The minimum absolute atomic E-state index is 0.0419. The lowest BCUT2D eigenvalue weighted by Gasteiger charge is -2.43. The summed E-state index contributed by atoms with van der Waals surface area (Å²) in [5.41, 5.74) is 4.72. The Morgan fingerprint density at radius 2 is 2.24 bits per heavy atom. The maximum atomic E-state index is 12.3. The molecule has 4 N–H and O–H groups in total. The first-order chi connectivity index (χ1) is 8.10. The Balaban J connectivity index is 2.15. The highest BCUT2D eigenvalue weighted by Crippen LogP contribution is 2.42. The van der Waals surface area contributed by atoms with Crippen molar-refractivity contribution in [3.63, 3.8) is 0 Å². The van der Waals surface area contributed by atoms with E-state index in [-0.39, 0.29) is 24.2 Å². The zero-order chi connectivity index (χ0) is 12.5. The Kier molecular flexibility index (Phi) is 2.91. The van der Waals surface area contributed by atoms with Crippen LogP contribution in [0.15, 0.2) is 5.16 Å². The summed E-state index contributed by atoms with van der Waals surface area (Å²) in [7, 11) is 0. The van der Waals surface area contributed by atoms with E-state index in [1.807, 2.05) is 0 Å². The SMILES string of the molecule is NC(=NO)C1(C(=O)N2CCNC(=O)C2)CCC1. The van der Waals surface area contributed by atoms with Crippen molar-refractivity contribution in [1.29, 1.82) is 0 Å². The molecule has 7 heteroatoms. The molecule has 2 aliphatic rings. The van der Waals surface area contributed by atoms with Crippen LogP contribution in [0.2, 0.25) is 0 Å². The van der Waals surface area contributed by atoms with Gasteiger partial charge in [-0.15, -0.1) is 0 Å². The summed E-state index contributed by atoms with van der Waals surface area (Å²) in [5, 5.41) is 14.4. The Labute approximate surface area is 98.6 Å². The van der Waals surface area contributed by atoms with Crippen LogP contribution < -0.4 is 11.1 Å². The maximum Gasteiger partial charge on any atom is 0.239 e. The van der Waals surface area contributed by atoms with Gasteiger partial charge in [-0.1, -0.05) is 11.6 Å². The number of nitrogens with two attached hydrogens (primary N) is 1. The number of oxime groups is 1. The second-order valence-electron chi connectivity index (χ2n) is 4.50. The van der Waals surface area contributed by atoms with Crippen LogP contribution in [0.3, 0.4) is 0 Å². The van der Waals surface area contributed by atoms with Crippen LogP contribution in [0.5, 0.6) is 0 Å². The molecule has 1 saturated carbocycles. The summed E-state index contributed by atoms with van der Waals surface area (Å²) in [6.45, 7) is 0.987. The molecule has 2 fully saturated rings. The van der Waals surface area contributed by atoms with Crippen LogP contribution in [0.4, 0.5) is 0 Å². The monoisotopic (exact) mass is 240 g/mol. The van der Waals surface area contributed by atoms with Gasteiger partial charge < -0.3 is 21.2 Å². The maximum absolute atomic E-state index is 12.3. The summed E-state index contributed by atoms with van der Waals surface area (Å²) in [6.07, 6.45) is 2.04. The van der Waals surface area contributed by atoms with Gasteiger partial charge in [0, 0.05) is 13.1 Å². The van der Waals surface area contributed by atoms with Crippen molar-refractivity contribution in [3.8, 4) is 0 Å². The standard InChI is InChI=1S/C10H16N4O3/c11-8(13-17)10(2-1-3-10)9(16)14-5-4-12-7(15)6-14/h17H,1-6H2,(H2,11,13)(H,12,15). The second kappa shape index (κ2) is 4.23. The van der Waals surface area contributed by atoms with Crippen molar-refractivity contribution in [2.75, 3.05) is 19.6 Å². The van der Waals surface area contributed by atoms with Crippen LogP contribution in [0, 0.1) is 5.41 Å². The minimum Gasteiger partial charge on any atom is -0.409 e. The summed E-state index contributed by atoms with van der Waals surface area (Å²) < 4.78 is 0. The first-order valence-electron chi connectivity index (χ1n) is 5.64. The number of piperazine rings is 1. The highest BCUT2D eigenvalue weighted by molar-refractivity contribution is 6.08. The Hall–Kier alpha value is -1.79. The fourth-order valence-electron chi connectivity index (χ4n) is 2.32. The first-order valence-corrected chi connectivity index (χ1v) is 5.64. The smallest absolute Gasteiger partial charge is 0.239 e. The predicted octanol–water partition coefficient (Wildman–Crippen LogP) is -1.14. The quantitative estimate of drug-likeness (QED) is 0.245. The van der Waals surface area contributed by atoms with E-state index >= 15 is 0 Å². The van der Waals surface area contributed by atoms with E-state index in [0.717, 1.165) is 6.42 Å². The van der Waals surface area contributed by atoms with Crippen LogP contribution in [-0.2, 0) is 9.59 Å². The molecule has 17 heavy (non-hydrogen) atoms. The molecule has 1 saturated heterocycles. The van der Waals surface area contributed by atoms with Crippen LogP contribution in [0.1, 0.15) is 19.3 Å². The summed E-state index contributed by atoms with van der Waals surface area (Å²) in [4.78, 5) is 25.0. The van der Waals surface area contributed by atoms with Gasteiger partial charge in [-0.3, -0.25) is 9.59 Å². The van der Waals surface area contributed by atoms with Gasteiger partial charge in [0.2, 0.25) is 11.8 Å². The molecule has 0 spiro atoms. The fraction of sp³-hybridized carbons (Fsp3) is 0.700. The number of hydrogen-bond acceptors (Lipinski definition) is 4. The van der Waals surface area contributed by atoms with E-state index in [1.54, 1.807) is 0 Å². The predicted molar refractivity (Wildman–Crippen MR) is 59.3 cm³/mol. The van der Waals surface area contributed by atoms with Crippen LogP contribution in [0.25, 0.3) is 0 Å². The highest BCUT2D eigenvalue weighted by atomic mass is 16.4. The average molecular weight is 240 g/mol. The number of amidine groups is 1. The van der Waals surface area contributed by atoms with Crippen LogP contribution in [-0.4, -0.2) is 47.4 Å². The summed E-state index contributed by atoms with van der Waals surface area (Å²) in [5.74, 6) is -0.410. The van der Waals surface area contributed by atoms with E-state index in [2.05, 4.69) is 10.5 Å². The third kappa shape index (κ3) is 1.81. The number of rotatable bonds is 2. The van der Waals surface area contributed by atoms with Crippen molar-refractivity contribution in [3.05, 3.63) is 0 Å². The molecule has 0 aromatic carbocycles. The molecular formula is C10H16N4O3. The highest BCUT2D eigenvalue weighted by Gasteiger charge is 2.50. The lowest BCUT2D eigenvalue weighted by Crippen LogP contribution is -2.59. The number of carbonyl (C=O) groups is 2. The molecule has 94 valence electrons. The molecule has 0 radical (unpaired) electrons. The molecule has 0 unspecified atom stereocenters. The van der Waals surface area contributed by atoms with Gasteiger partial charge in [0.25, 0.3) is 0 Å². The topological polar surface area (TPSA) is 108 Å². The Morgan fingerprint density at radius 3 is 2.71 bits per heavy atom. The molecule has 0 aromatic heterocycles. The van der Waals surface area contributed by atoms with E-state index < -0.39 is 5.41 Å².